The molecule has 4 rings (SSSR count). The lowest BCUT2D eigenvalue weighted by molar-refractivity contribution is 0.636. The average Bonchev–Trinajstić information content (AvgIpc) is 2.88. The predicted molar refractivity (Wildman–Crippen MR) is 141 cm³/mol. The minimum atomic E-state index is -0.284. The summed E-state index contributed by atoms with van der Waals surface area (Å²) in [5.41, 5.74) is 5.77. The highest BCUT2D eigenvalue weighted by Gasteiger charge is 2.06. The van der Waals surface area contributed by atoms with E-state index in [0.717, 1.165) is 34.9 Å². The fourth-order valence-electron chi connectivity index (χ4n) is 3.91. The molecule has 0 atom stereocenters. The van der Waals surface area contributed by atoms with Crippen molar-refractivity contribution in [3.8, 4) is 23.7 Å². The number of unbranched alkanes of at least 4 members (excludes halogenated alkanes) is 2. The SMILES string of the molecule is CCCCCc1ccc(C#Cc2ccc3c(F)c(C#Cc4ccc(CC)cc4)ccc3c2)cc1. The van der Waals surface area contributed by atoms with Gasteiger partial charge in [-0.1, -0.05) is 86.8 Å². The van der Waals surface area contributed by atoms with E-state index in [1.165, 1.54) is 30.4 Å². The Hall–Kier alpha value is -3.81. The molecule has 0 unspecified atom stereocenters. The maximum atomic E-state index is 15.1. The van der Waals surface area contributed by atoms with Gasteiger partial charge in [0.15, 0.2) is 0 Å². The number of benzene rings is 4. The van der Waals surface area contributed by atoms with E-state index in [-0.39, 0.29) is 5.82 Å². The molecule has 168 valence electrons. The Morgan fingerprint density at radius 2 is 1.24 bits per heavy atom. The Labute approximate surface area is 202 Å². The van der Waals surface area contributed by atoms with Crippen molar-refractivity contribution >= 4 is 10.8 Å². The van der Waals surface area contributed by atoms with Crippen molar-refractivity contribution in [3.05, 3.63) is 118 Å². The summed E-state index contributed by atoms with van der Waals surface area (Å²) in [6, 6.07) is 25.8. The molecule has 0 amide bonds. The van der Waals surface area contributed by atoms with Crippen molar-refractivity contribution in [1.82, 2.24) is 0 Å². The number of aryl methyl sites for hydroxylation is 2. The highest BCUT2D eigenvalue weighted by atomic mass is 19.1. The zero-order valence-electron chi connectivity index (χ0n) is 19.9. The van der Waals surface area contributed by atoms with Crippen LogP contribution in [-0.4, -0.2) is 0 Å². The Bertz CT molecular complexity index is 1390. The van der Waals surface area contributed by atoms with Crippen LogP contribution in [0.1, 0.15) is 66.5 Å². The van der Waals surface area contributed by atoms with Gasteiger partial charge in [-0.25, -0.2) is 4.39 Å². The monoisotopic (exact) mass is 444 g/mol. The second kappa shape index (κ2) is 11.4. The highest BCUT2D eigenvalue weighted by Crippen LogP contribution is 2.22. The van der Waals surface area contributed by atoms with Gasteiger partial charge in [-0.3, -0.25) is 0 Å². The molecule has 0 saturated carbocycles. The molecule has 0 aromatic heterocycles. The molecule has 0 spiro atoms. The maximum absolute atomic E-state index is 15.1. The first-order chi connectivity index (χ1) is 16.7. The van der Waals surface area contributed by atoms with Gasteiger partial charge in [0.2, 0.25) is 0 Å². The van der Waals surface area contributed by atoms with Gasteiger partial charge in [0.25, 0.3) is 0 Å². The minimum absolute atomic E-state index is 0.284. The van der Waals surface area contributed by atoms with Crippen LogP contribution >= 0.6 is 0 Å². The van der Waals surface area contributed by atoms with Crippen LogP contribution in [0.15, 0.2) is 78.9 Å². The maximum Gasteiger partial charge on any atom is 0.146 e. The largest absolute Gasteiger partial charge is 0.205 e. The summed E-state index contributed by atoms with van der Waals surface area (Å²) in [7, 11) is 0. The summed E-state index contributed by atoms with van der Waals surface area (Å²) < 4.78 is 15.1. The standard InChI is InChI=1S/C33H29F/c1-3-5-6-7-26-12-14-27(15-13-26)16-17-29-19-23-32-31(24-29)22-21-30(33(32)34)20-18-28-10-8-25(4-2)9-11-28/h8-15,19,21-24H,3-7H2,1-2H3. The van der Waals surface area contributed by atoms with Gasteiger partial charge < -0.3 is 0 Å². The van der Waals surface area contributed by atoms with Crippen LogP contribution in [0.4, 0.5) is 4.39 Å². The first-order valence-corrected chi connectivity index (χ1v) is 12.1. The van der Waals surface area contributed by atoms with E-state index < -0.39 is 0 Å². The molecular formula is C33H29F. The molecule has 0 bridgehead atoms. The lowest BCUT2D eigenvalue weighted by Crippen LogP contribution is -1.88. The number of fused-ring (bicyclic) bond motifs is 1. The van der Waals surface area contributed by atoms with Crippen molar-refractivity contribution in [1.29, 1.82) is 0 Å². The summed E-state index contributed by atoms with van der Waals surface area (Å²) in [5.74, 6) is 12.2. The van der Waals surface area contributed by atoms with Gasteiger partial charge in [0.05, 0.1) is 5.56 Å². The Balaban J connectivity index is 1.50. The van der Waals surface area contributed by atoms with E-state index >= 15 is 4.39 Å². The molecule has 1 heteroatoms. The van der Waals surface area contributed by atoms with Gasteiger partial charge in [0.1, 0.15) is 5.82 Å². The molecule has 0 aliphatic carbocycles. The Kier molecular flexibility index (Phi) is 7.80. The molecule has 0 fully saturated rings. The summed E-state index contributed by atoms with van der Waals surface area (Å²) in [4.78, 5) is 0. The molecule has 0 N–H and O–H groups in total. The van der Waals surface area contributed by atoms with Gasteiger partial charge >= 0.3 is 0 Å². The van der Waals surface area contributed by atoms with Gasteiger partial charge in [-0.05, 0) is 78.2 Å². The van der Waals surface area contributed by atoms with E-state index in [9.17, 15) is 0 Å². The fraction of sp³-hybridized carbons (Fsp3) is 0.212. The first-order valence-electron chi connectivity index (χ1n) is 12.1. The number of halogens is 1. The van der Waals surface area contributed by atoms with Crippen molar-refractivity contribution in [2.24, 2.45) is 0 Å². The average molecular weight is 445 g/mol. The van der Waals surface area contributed by atoms with Crippen LogP contribution in [0.5, 0.6) is 0 Å². The second-order valence-corrected chi connectivity index (χ2v) is 8.57. The molecule has 0 saturated heterocycles. The van der Waals surface area contributed by atoms with Gasteiger partial charge in [0, 0.05) is 22.1 Å². The molecule has 34 heavy (non-hydrogen) atoms. The molecule has 4 aromatic rings. The number of hydrogen-bond acceptors (Lipinski definition) is 0. The van der Waals surface area contributed by atoms with E-state index in [0.29, 0.717) is 10.9 Å². The van der Waals surface area contributed by atoms with Gasteiger partial charge in [-0.2, -0.15) is 0 Å². The van der Waals surface area contributed by atoms with Crippen LogP contribution in [0, 0.1) is 29.5 Å². The zero-order valence-corrected chi connectivity index (χ0v) is 19.9. The normalized spacial score (nSPS) is 10.3. The Morgan fingerprint density at radius 1 is 0.618 bits per heavy atom. The van der Waals surface area contributed by atoms with Crippen LogP contribution in [0.25, 0.3) is 10.8 Å². The summed E-state index contributed by atoms with van der Waals surface area (Å²) in [6.45, 7) is 4.34. The number of hydrogen-bond donors (Lipinski definition) is 0. The van der Waals surface area contributed by atoms with E-state index in [4.69, 9.17) is 0 Å². The quantitative estimate of drug-likeness (QED) is 0.216. The Morgan fingerprint density at radius 3 is 1.91 bits per heavy atom. The second-order valence-electron chi connectivity index (χ2n) is 8.57. The lowest BCUT2D eigenvalue weighted by atomic mass is 10.0. The van der Waals surface area contributed by atoms with Gasteiger partial charge in [-0.15, -0.1) is 0 Å². The topological polar surface area (TPSA) is 0 Å². The minimum Gasteiger partial charge on any atom is -0.205 e. The van der Waals surface area contributed by atoms with Crippen molar-refractivity contribution < 1.29 is 4.39 Å². The van der Waals surface area contributed by atoms with Crippen molar-refractivity contribution in [3.63, 3.8) is 0 Å². The molecule has 4 aromatic carbocycles. The van der Waals surface area contributed by atoms with Crippen LogP contribution in [0.2, 0.25) is 0 Å². The van der Waals surface area contributed by atoms with Crippen LogP contribution in [-0.2, 0) is 12.8 Å². The molecular weight excluding hydrogens is 415 g/mol. The third kappa shape index (κ3) is 5.95. The zero-order chi connectivity index (χ0) is 23.8. The predicted octanol–water partition coefficient (Wildman–Crippen LogP) is 8.07. The summed E-state index contributed by atoms with van der Waals surface area (Å²) >= 11 is 0. The third-order valence-electron chi connectivity index (χ3n) is 6.03. The summed E-state index contributed by atoms with van der Waals surface area (Å²) in [5, 5.41) is 1.39. The molecule has 0 nitrogen and oxygen atoms in total. The van der Waals surface area contributed by atoms with Crippen LogP contribution < -0.4 is 0 Å². The lowest BCUT2D eigenvalue weighted by Gasteiger charge is -2.03. The fourth-order valence-corrected chi connectivity index (χ4v) is 3.91. The van der Waals surface area contributed by atoms with E-state index in [1.807, 2.05) is 30.3 Å². The van der Waals surface area contributed by atoms with Crippen LogP contribution in [0.3, 0.4) is 0 Å². The first kappa shape index (κ1) is 23.4. The third-order valence-corrected chi connectivity index (χ3v) is 6.03. The summed E-state index contributed by atoms with van der Waals surface area (Å²) in [6.07, 6.45) is 5.85. The molecule has 0 aliphatic heterocycles. The highest BCUT2D eigenvalue weighted by molar-refractivity contribution is 5.86. The molecule has 0 heterocycles. The van der Waals surface area contributed by atoms with Crippen molar-refractivity contribution in [2.75, 3.05) is 0 Å². The van der Waals surface area contributed by atoms with E-state index in [1.54, 1.807) is 12.1 Å². The van der Waals surface area contributed by atoms with Crippen molar-refractivity contribution in [2.45, 2.75) is 46.0 Å². The van der Waals surface area contributed by atoms with E-state index in [2.05, 4.69) is 73.9 Å². The molecule has 0 aliphatic rings. The number of rotatable bonds is 5. The molecule has 0 radical (unpaired) electrons. The smallest absolute Gasteiger partial charge is 0.146 e.